The number of nitrogens with two attached hydrogens (primary N) is 1. The Hall–Kier alpha value is -1.71. The first-order valence-corrected chi connectivity index (χ1v) is 5.02. The van der Waals surface area contributed by atoms with E-state index in [2.05, 4.69) is 5.32 Å². The van der Waals surface area contributed by atoms with Crippen LogP contribution in [0.4, 0.5) is 10.5 Å². The van der Waals surface area contributed by atoms with Crippen molar-refractivity contribution in [1.29, 1.82) is 0 Å². The maximum Gasteiger partial charge on any atom is 0.317 e. The lowest BCUT2D eigenvalue weighted by Crippen LogP contribution is -2.48. The van der Waals surface area contributed by atoms with Crippen molar-refractivity contribution in [1.82, 2.24) is 10.2 Å². The number of benzene rings is 1. The summed E-state index contributed by atoms with van der Waals surface area (Å²) in [5, 5.41) is 2.84. The summed E-state index contributed by atoms with van der Waals surface area (Å²) in [5.74, 6) is 0.286. The van der Waals surface area contributed by atoms with Gasteiger partial charge >= 0.3 is 6.03 Å². The molecule has 1 aliphatic rings. The highest BCUT2D eigenvalue weighted by atomic mass is 16.2. The standard InChI is InChI=1S/C11H15N3O/c1-14-7-8(6-13-11(14)15)9-4-2-3-5-10(9)12/h2-5,8H,6-7,12H2,1H3,(H,13,15). The van der Waals surface area contributed by atoms with Crippen molar-refractivity contribution >= 4 is 11.7 Å². The highest BCUT2D eigenvalue weighted by Gasteiger charge is 2.24. The van der Waals surface area contributed by atoms with Gasteiger partial charge in [0.15, 0.2) is 0 Å². The summed E-state index contributed by atoms with van der Waals surface area (Å²) >= 11 is 0. The second-order valence-electron chi connectivity index (χ2n) is 3.89. The zero-order valence-corrected chi connectivity index (χ0v) is 8.73. The van der Waals surface area contributed by atoms with Crippen LogP contribution in [0, 0.1) is 0 Å². The molecule has 1 aliphatic heterocycles. The molecule has 1 aromatic carbocycles. The van der Waals surface area contributed by atoms with Crippen LogP contribution >= 0.6 is 0 Å². The predicted octanol–water partition coefficient (Wildman–Crippen LogP) is 1.01. The van der Waals surface area contributed by atoms with Crippen LogP contribution in [0.2, 0.25) is 0 Å². The molecule has 80 valence electrons. The van der Waals surface area contributed by atoms with Crippen LogP contribution in [-0.2, 0) is 0 Å². The second-order valence-corrected chi connectivity index (χ2v) is 3.89. The zero-order valence-electron chi connectivity index (χ0n) is 8.73. The highest BCUT2D eigenvalue weighted by molar-refractivity contribution is 5.75. The molecular formula is C11H15N3O. The van der Waals surface area contributed by atoms with Gasteiger partial charge in [0.2, 0.25) is 0 Å². The molecule has 0 radical (unpaired) electrons. The molecule has 3 N–H and O–H groups in total. The number of nitrogens with one attached hydrogen (secondary N) is 1. The van der Waals surface area contributed by atoms with Gasteiger partial charge in [0.05, 0.1) is 0 Å². The Kier molecular flexibility index (Phi) is 2.49. The minimum atomic E-state index is -0.0132. The molecule has 1 aromatic rings. The van der Waals surface area contributed by atoms with Crippen LogP contribution in [0.1, 0.15) is 11.5 Å². The van der Waals surface area contributed by atoms with Crippen molar-refractivity contribution in [3.05, 3.63) is 29.8 Å². The number of hydrogen-bond acceptors (Lipinski definition) is 2. The Bertz CT molecular complexity index is 378. The molecule has 1 heterocycles. The molecule has 0 spiro atoms. The monoisotopic (exact) mass is 205 g/mol. The number of carbonyl (C=O) groups is 1. The average molecular weight is 205 g/mol. The average Bonchev–Trinajstić information content (AvgIpc) is 2.23. The number of amides is 2. The van der Waals surface area contributed by atoms with Crippen LogP contribution in [0.15, 0.2) is 24.3 Å². The molecule has 0 saturated carbocycles. The van der Waals surface area contributed by atoms with Crippen LogP contribution in [-0.4, -0.2) is 31.1 Å². The van der Waals surface area contributed by atoms with E-state index in [4.69, 9.17) is 5.73 Å². The highest BCUT2D eigenvalue weighted by Crippen LogP contribution is 2.24. The van der Waals surface area contributed by atoms with E-state index in [0.29, 0.717) is 6.54 Å². The van der Waals surface area contributed by atoms with Gasteiger partial charge in [-0.3, -0.25) is 0 Å². The van der Waals surface area contributed by atoms with Crippen LogP contribution < -0.4 is 11.1 Å². The topological polar surface area (TPSA) is 58.4 Å². The van der Waals surface area contributed by atoms with Crippen molar-refractivity contribution in [3.63, 3.8) is 0 Å². The molecule has 2 rings (SSSR count). The van der Waals surface area contributed by atoms with Crippen LogP contribution in [0.5, 0.6) is 0 Å². The minimum absolute atomic E-state index is 0.0132. The van der Waals surface area contributed by atoms with E-state index in [1.807, 2.05) is 24.3 Å². The third-order valence-electron chi connectivity index (χ3n) is 2.78. The van der Waals surface area contributed by atoms with Crippen LogP contribution in [0.25, 0.3) is 0 Å². The number of urea groups is 1. The lowest BCUT2D eigenvalue weighted by Gasteiger charge is -2.31. The molecule has 0 bridgehead atoms. The number of nitrogen functional groups attached to an aromatic ring is 1. The summed E-state index contributed by atoms with van der Waals surface area (Å²) in [6.45, 7) is 1.39. The molecule has 4 nitrogen and oxygen atoms in total. The number of rotatable bonds is 1. The van der Waals surface area contributed by atoms with E-state index in [0.717, 1.165) is 17.8 Å². The number of hydrogen-bond donors (Lipinski definition) is 2. The maximum atomic E-state index is 11.2. The number of likely N-dealkylation sites (N-methyl/N-ethyl adjacent to an activating group) is 1. The van der Waals surface area contributed by atoms with Crippen molar-refractivity contribution < 1.29 is 4.79 Å². The Morgan fingerprint density at radius 3 is 2.87 bits per heavy atom. The minimum Gasteiger partial charge on any atom is -0.398 e. The van der Waals surface area contributed by atoms with Crippen molar-refractivity contribution in [2.24, 2.45) is 0 Å². The van der Waals surface area contributed by atoms with Crippen LogP contribution in [0.3, 0.4) is 0 Å². The van der Waals surface area contributed by atoms with E-state index in [9.17, 15) is 4.79 Å². The lowest BCUT2D eigenvalue weighted by atomic mass is 9.96. The number of carbonyl (C=O) groups excluding carboxylic acids is 1. The van der Waals surface area contributed by atoms with Gasteiger partial charge in [0, 0.05) is 31.7 Å². The molecule has 1 unspecified atom stereocenters. The summed E-state index contributed by atoms with van der Waals surface area (Å²) in [7, 11) is 1.79. The Balaban J connectivity index is 2.19. The van der Waals surface area contributed by atoms with Gasteiger partial charge in [-0.15, -0.1) is 0 Å². The fourth-order valence-corrected chi connectivity index (χ4v) is 1.91. The smallest absolute Gasteiger partial charge is 0.317 e. The van der Waals surface area contributed by atoms with Gasteiger partial charge in [-0.25, -0.2) is 4.79 Å². The Labute approximate surface area is 89.1 Å². The van der Waals surface area contributed by atoms with Crippen molar-refractivity contribution in [2.45, 2.75) is 5.92 Å². The summed E-state index contributed by atoms with van der Waals surface area (Å²) in [4.78, 5) is 12.9. The van der Waals surface area contributed by atoms with Gasteiger partial charge in [0.1, 0.15) is 0 Å². The third-order valence-corrected chi connectivity index (χ3v) is 2.78. The fraction of sp³-hybridized carbons (Fsp3) is 0.364. The van der Waals surface area contributed by atoms with E-state index in [1.54, 1.807) is 11.9 Å². The number of nitrogens with zero attached hydrogens (tertiary/aromatic N) is 1. The van der Waals surface area contributed by atoms with Gasteiger partial charge in [-0.2, -0.15) is 0 Å². The number of para-hydroxylation sites is 1. The van der Waals surface area contributed by atoms with Crippen molar-refractivity contribution in [3.8, 4) is 0 Å². The molecule has 15 heavy (non-hydrogen) atoms. The van der Waals surface area contributed by atoms with Gasteiger partial charge in [-0.05, 0) is 11.6 Å². The molecule has 1 saturated heterocycles. The predicted molar refractivity (Wildman–Crippen MR) is 59.6 cm³/mol. The SMILES string of the molecule is CN1CC(c2ccccc2N)CNC1=O. The first kappa shape index (κ1) is 9.83. The lowest BCUT2D eigenvalue weighted by molar-refractivity contribution is 0.193. The molecule has 1 fully saturated rings. The zero-order chi connectivity index (χ0) is 10.8. The van der Waals surface area contributed by atoms with E-state index in [-0.39, 0.29) is 11.9 Å². The third kappa shape index (κ3) is 1.88. The summed E-state index contributed by atoms with van der Waals surface area (Å²) in [6, 6.07) is 7.80. The first-order chi connectivity index (χ1) is 7.18. The number of anilines is 1. The normalized spacial score (nSPS) is 21.3. The van der Waals surface area contributed by atoms with Crippen molar-refractivity contribution in [2.75, 3.05) is 25.9 Å². The first-order valence-electron chi connectivity index (χ1n) is 5.02. The van der Waals surface area contributed by atoms with Gasteiger partial charge in [0.25, 0.3) is 0 Å². The summed E-state index contributed by atoms with van der Waals surface area (Å²) in [5.41, 5.74) is 7.81. The Morgan fingerprint density at radius 1 is 1.47 bits per heavy atom. The molecule has 4 heteroatoms. The summed E-state index contributed by atoms with van der Waals surface area (Å²) in [6.07, 6.45) is 0. The molecule has 0 aromatic heterocycles. The maximum absolute atomic E-state index is 11.2. The Morgan fingerprint density at radius 2 is 2.20 bits per heavy atom. The molecule has 2 amide bonds. The molecule has 1 atom stereocenters. The summed E-state index contributed by atoms with van der Waals surface area (Å²) < 4.78 is 0. The van der Waals surface area contributed by atoms with E-state index >= 15 is 0 Å². The van der Waals surface area contributed by atoms with E-state index < -0.39 is 0 Å². The second kappa shape index (κ2) is 3.81. The molecule has 0 aliphatic carbocycles. The fourth-order valence-electron chi connectivity index (χ4n) is 1.91. The largest absolute Gasteiger partial charge is 0.398 e. The molecular weight excluding hydrogens is 190 g/mol. The van der Waals surface area contributed by atoms with Gasteiger partial charge in [-0.1, -0.05) is 18.2 Å². The quantitative estimate of drug-likeness (QED) is 0.672. The van der Waals surface area contributed by atoms with E-state index in [1.165, 1.54) is 0 Å². The van der Waals surface area contributed by atoms with Gasteiger partial charge < -0.3 is 16.0 Å².